The minimum absolute atomic E-state index is 0.0272. The molecular formula is C16H23N5O. The highest BCUT2D eigenvalue weighted by Crippen LogP contribution is 2.25. The molecule has 2 atom stereocenters. The highest BCUT2D eigenvalue weighted by molar-refractivity contribution is 6.03. The maximum absolute atomic E-state index is 12.1. The SMILES string of the molecule is CN1C(=O)[C@H](CC2CCCN(Cc3ccccn3)C2)N=C1N. The number of likely N-dealkylation sites (N-methyl/N-ethyl adjacent to an activating group) is 1. The summed E-state index contributed by atoms with van der Waals surface area (Å²) < 4.78 is 0. The van der Waals surface area contributed by atoms with Gasteiger partial charge in [-0.3, -0.25) is 19.6 Å². The molecule has 3 rings (SSSR count). The summed E-state index contributed by atoms with van der Waals surface area (Å²) in [5, 5.41) is 0. The van der Waals surface area contributed by atoms with Crippen LogP contribution >= 0.6 is 0 Å². The average molecular weight is 301 g/mol. The van der Waals surface area contributed by atoms with Gasteiger partial charge in [-0.1, -0.05) is 6.07 Å². The Bertz CT molecular complexity index is 559. The quantitative estimate of drug-likeness (QED) is 0.894. The number of rotatable bonds is 4. The summed E-state index contributed by atoms with van der Waals surface area (Å²) in [5.41, 5.74) is 6.83. The molecule has 0 spiro atoms. The lowest BCUT2D eigenvalue weighted by Crippen LogP contribution is -2.39. The van der Waals surface area contributed by atoms with Gasteiger partial charge in [0.05, 0.1) is 5.69 Å². The Kier molecular flexibility index (Phi) is 4.38. The van der Waals surface area contributed by atoms with E-state index in [0.717, 1.165) is 44.6 Å². The summed E-state index contributed by atoms with van der Waals surface area (Å²) in [6.45, 7) is 2.97. The number of hydrogen-bond acceptors (Lipinski definition) is 5. The lowest BCUT2D eigenvalue weighted by molar-refractivity contribution is -0.126. The maximum Gasteiger partial charge on any atom is 0.253 e. The van der Waals surface area contributed by atoms with Crippen LogP contribution in [0.3, 0.4) is 0 Å². The Morgan fingerprint density at radius 2 is 2.27 bits per heavy atom. The van der Waals surface area contributed by atoms with E-state index >= 15 is 0 Å². The number of hydrogen-bond donors (Lipinski definition) is 1. The molecule has 3 heterocycles. The van der Waals surface area contributed by atoms with Crippen LogP contribution in [0.4, 0.5) is 0 Å². The first-order chi connectivity index (χ1) is 10.6. The van der Waals surface area contributed by atoms with Crippen LogP contribution in [-0.2, 0) is 11.3 Å². The highest BCUT2D eigenvalue weighted by Gasteiger charge is 2.33. The zero-order chi connectivity index (χ0) is 15.5. The van der Waals surface area contributed by atoms with E-state index in [2.05, 4.69) is 20.9 Å². The number of nitrogens with two attached hydrogens (primary N) is 1. The standard InChI is InChI=1S/C16H23N5O/c1-20-15(22)14(19-16(20)17)9-12-5-4-8-21(10-12)11-13-6-2-3-7-18-13/h2-3,6-7,12,14H,4-5,8-11H2,1H3,(H2,17,19)/t12?,14-/m0/s1. The summed E-state index contributed by atoms with van der Waals surface area (Å²) in [6, 6.07) is 5.73. The van der Waals surface area contributed by atoms with E-state index in [-0.39, 0.29) is 11.9 Å². The van der Waals surface area contributed by atoms with Crippen molar-refractivity contribution >= 4 is 11.9 Å². The van der Waals surface area contributed by atoms with Gasteiger partial charge in [-0.05, 0) is 43.9 Å². The van der Waals surface area contributed by atoms with E-state index in [1.54, 1.807) is 7.05 Å². The molecular weight excluding hydrogens is 278 g/mol. The van der Waals surface area contributed by atoms with Gasteiger partial charge in [0.25, 0.3) is 5.91 Å². The molecule has 22 heavy (non-hydrogen) atoms. The van der Waals surface area contributed by atoms with Crippen LogP contribution < -0.4 is 5.73 Å². The summed E-state index contributed by atoms with van der Waals surface area (Å²) in [4.78, 5) is 24.6. The second-order valence-electron chi connectivity index (χ2n) is 6.20. The monoisotopic (exact) mass is 301 g/mol. The Morgan fingerprint density at radius 1 is 1.41 bits per heavy atom. The van der Waals surface area contributed by atoms with Crippen LogP contribution in [0, 0.1) is 5.92 Å². The van der Waals surface area contributed by atoms with Crippen molar-refractivity contribution in [1.82, 2.24) is 14.8 Å². The molecule has 1 fully saturated rings. The first-order valence-electron chi connectivity index (χ1n) is 7.86. The highest BCUT2D eigenvalue weighted by atomic mass is 16.2. The van der Waals surface area contributed by atoms with Crippen LogP contribution in [0.1, 0.15) is 25.0 Å². The first kappa shape index (κ1) is 15.0. The van der Waals surface area contributed by atoms with Gasteiger partial charge in [0.15, 0.2) is 5.96 Å². The molecule has 0 radical (unpaired) electrons. The predicted octanol–water partition coefficient (Wildman–Crippen LogP) is 0.839. The number of aromatic nitrogens is 1. The van der Waals surface area contributed by atoms with Gasteiger partial charge in [-0.15, -0.1) is 0 Å². The van der Waals surface area contributed by atoms with E-state index in [1.165, 1.54) is 4.90 Å². The molecule has 1 aromatic rings. The van der Waals surface area contributed by atoms with Crippen molar-refractivity contribution in [3.05, 3.63) is 30.1 Å². The summed E-state index contributed by atoms with van der Waals surface area (Å²) in [7, 11) is 1.69. The van der Waals surface area contributed by atoms with E-state index in [4.69, 9.17) is 5.73 Å². The molecule has 2 aliphatic heterocycles. The molecule has 2 aliphatic rings. The van der Waals surface area contributed by atoms with Crippen LogP contribution in [0.25, 0.3) is 0 Å². The van der Waals surface area contributed by atoms with Crippen molar-refractivity contribution in [1.29, 1.82) is 0 Å². The van der Waals surface area contributed by atoms with Crippen LogP contribution in [0.5, 0.6) is 0 Å². The van der Waals surface area contributed by atoms with Gasteiger partial charge in [0, 0.05) is 26.3 Å². The Morgan fingerprint density at radius 3 is 2.95 bits per heavy atom. The molecule has 1 aromatic heterocycles. The second-order valence-corrected chi connectivity index (χ2v) is 6.20. The molecule has 0 saturated carbocycles. The Labute approximate surface area is 131 Å². The third-order valence-corrected chi connectivity index (χ3v) is 4.52. The number of amides is 1. The second kappa shape index (κ2) is 6.44. The third kappa shape index (κ3) is 3.27. The van der Waals surface area contributed by atoms with Gasteiger partial charge in [0.2, 0.25) is 0 Å². The first-order valence-corrected chi connectivity index (χ1v) is 7.86. The van der Waals surface area contributed by atoms with Crippen molar-refractivity contribution in [3.8, 4) is 0 Å². The molecule has 1 saturated heterocycles. The van der Waals surface area contributed by atoms with Crippen molar-refractivity contribution < 1.29 is 4.79 Å². The number of carbonyl (C=O) groups excluding carboxylic acids is 1. The largest absolute Gasteiger partial charge is 0.369 e. The van der Waals surface area contributed by atoms with Crippen molar-refractivity contribution in [2.45, 2.75) is 31.8 Å². The molecule has 1 unspecified atom stereocenters. The van der Waals surface area contributed by atoms with Crippen molar-refractivity contribution in [2.75, 3.05) is 20.1 Å². The number of pyridine rings is 1. The lowest BCUT2D eigenvalue weighted by atomic mass is 9.91. The molecule has 0 aromatic carbocycles. The average Bonchev–Trinajstić information content (AvgIpc) is 2.76. The molecule has 0 aliphatic carbocycles. The van der Waals surface area contributed by atoms with Crippen molar-refractivity contribution in [2.24, 2.45) is 16.6 Å². The minimum atomic E-state index is -0.287. The summed E-state index contributed by atoms with van der Waals surface area (Å²) in [5.74, 6) is 0.866. The molecule has 0 bridgehead atoms. The van der Waals surface area contributed by atoms with E-state index in [0.29, 0.717) is 11.9 Å². The van der Waals surface area contributed by atoms with E-state index in [1.807, 2.05) is 18.3 Å². The fourth-order valence-corrected chi connectivity index (χ4v) is 3.32. The van der Waals surface area contributed by atoms with Gasteiger partial charge in [-0.2, -0.15) is 0 Å². The Balaban J connectivity index is 1.56. The van der Waals surface area contributed by atoms with Crippen LogP contribution in [0.2, 0.25) is 0 Å². The molecule has 6 nitrogen and oxygen atoms in total. The maximum atomic E-state index is 12.1. The van der Waals surface area contributed by atoms with Crippen LogP contribution in [0.15, 0.2) is 29.4 Å². The fourth-order valence-electron chi connectivity index (χ4n) is 3.32. The number of carbonyl (C=O) groups is 1. The number of likely N-dealkylation sites (tertiary alicyclic amines) is 1. The van der Waals surface area contributed by atoms with Gasteiger partial charge >= 0.3 is 0 Å². The zero-order valence-corrected chi connectivity index (χ0v) is 13.0. The molecule has 1 amide bonds. The molecule has 118 valence electrons. The van der Waals surface area contributed by atoms with Gasteiger partial charge in [0.1, 0.15) is 6.04 Å². The smallest absolute Gasteiger partial charge is 0.253 e. The predicted molar refractivity (Wildman–Crippen MR) is 85.0 cm³/mol. The number of nitrogens with zero attached hydrogens (tertiary/aromatic N) is 4. The lowest BCUT2D eigenvalue weighted by Gasteiger charge is -2.33. The number of piperidine rings is 1. The molecule has 6 heteroatoms. The van der Waals surface area contributed by atoms with Crippen molar-refractivity contribution in [3.63, 3.8) is 0 Å². The Hall–Kier alpha value is -1.95. The number of aliphatic imine (C=N–C) groups is 1. The number of guanidine groups is 1. The summed E-state index contributed by atoms with van der Waals surface area (Å²) >= 11 is 0. The minimum Gasteiger partial charge on any atom is -0.369 e. The summed E-state index contributed by atoms with van der Waals surface area (Å²) in [6.07, 6.45) is 4.94. The zero-order valence-electron chi connectivity index (χ0n) is 13.0. The molecule has 2 N–H and O–H groups in total. The third-order valence-electron chi connectivity index (χ3n) is 4.52. The topological polar surface area (TPSA) is 74.8 Å². The van der Waals surface area contributed by atoms with Crippen LogP contribution in [-0.4, -0.2) is 52.8 Å². The van der Waals surface area contributed by atoms with Gasteiger partial charge in [-0.25, -0.2) is 4.99 Å². The fraction of sp³-hybridized carbons (Fsp3) is 0.562. The van der Waals surface area contributed by atoms with E-state index in [9.17, 15) is 4.79 Å². The normalized spacial score (nSPS) is 26.3. The van der Waals surface area contributed by atoms with E-state index < -0.39 is 0 Å². The van der Waals surface area contributed by atoms with Gasteiger partial charge < -0.3 is 5.73 Å².